The van der Waals surface area contributed by atoms with Gasteiger partial charge in [-0.15, -0.1) is 0 Å². The van der Waals surface area contributed by atoms with Gasteiger partial charge >= 0.3 is 0 Å². The van der Waals surface area contributed by atoms with Crippen molar-refractivity contribution in [1.82, 2.24) is 10.2 Å². The van der Waals surface area contributed by atoms with Crippen molar-refractivity contribution in [2.45, 2.75) is 57.2 Å². The van der Waals surface area contributed by atoms with Crippen molar-refractivity contribution in [3.8, 4) is 0 Å². The molecule has 0 aromatic carbocycles. The molecule has 146 valence electrons. The number of rotatable bonds is 6. The molecule has 0 bridgehead atoms. The van der Waals surface area contributed by atoms with E-state index in [4.69, 9.17) is 0 Å². The van der Waals surface area contributed by atoms with Gasteiger partial charge in [0, 0.05) is 20.0 Å². The number of hydrogen-bond acceptors (Lipinski definition) is 4. The monoisotopic (exact) mass is 362 g/mol. The Kier molecular flexibility index (Phi) is 6.41. The van der Waals surface area contributed by atoms with E-state index in [1.165, 1.54) is 18.4 Å². The summed E-state index contributed by atoms with van der Waals surface area (Å²) >= 11 is 0. The van der Waals surface area contributed by atoms with Crippen LogP contribution in [0.2, 0.25) is 0 Å². The Morgan fingerprint density at radius 3 is 2.73 bits per heavy atom. The number of likely N-dealkylation sites (N-methyl/N-ethyl adjacent to an activating group) is 1. The van der Waals surface area contributed by atoms with Crippen LogP contribution in [0.1, 0.15) is 44.9 Å². The maximum atomic E-state index is 11.6. The first-order valence-corrected chi connectivity index (χ1v) is 10.1. The average Bonchev–Trinajstić information content (AvgIpc) is 3.29. The second kappa shape index (κ2) is 8.57. The first kappa shape index (κ1) is 19.4. The summed E-state index contributed by atoms with van der Waals surface area (Å²) < 4.78 is 0. The zero-order valence-corrected chi connectivity index (χ0v) is 16.1. The van der Waals surface area contributed by atoms with E-state index in [-0.39, 0.29) is 24.0 Å². The minimum absolute atomic E-state index is 0.0668. The van der Waals surface area contributed by atoms with Crippen molar-refractivity contribution in [3.05, 3.63) is 23.9 Å². The maximum Gasteiger partial charge on any atom is 0.241 e. The third kappa shape index (κ3) is 4.49. The molecule has 1 amide bonds. The predicted octanol–water partition coefficient (Wildman–Crippen LogP) is 2.06. The normalized spacial score (nSPS) is 34.5. The highest BCUT2D eigenvalue weighted by Crippen LogP contribution is 2.50. The van der Waals surface area contributed by atoms with Gasteiger partial charge in [0.25, 0.3) is 0 Å². The van der Waals surface area contributed by atoms with Crippen LogP contribution < -0.4 is 5.32 Å². The van der Waals surface area contributed by atoms with Crippen LogP contribution >= 0.6 is 0 Å². The summed E-state index contributed by atoms with van der Waals surface area (Å²) in [5, 5.41) is 24.0. The Morgan fingerprint density at radius 2 is 2.04 bits per heavy atom. The zero-order chi connectivity index (χ0) is 18.7. The van der Waals surface area contributed by atoms with Crippen LogP contribution in [0.3, 0.4) is 0 Å². The summed E-state index contributed by atoms with van der Waals surface area (Å²) in [7, 11) is 3.52. The Labute approximate surface area is 157 Å². The highest BCUT2D eigenvalue weighted by atomic mass is 16.3. The molecule has 0 aromatic heterocycles. The van der Waals surface area contributed by atoms with Crippen molar-refractivity contribution in [2.75, 3.05) is 20.6 Å². The minimum atomic E-state index is -0.362. The molecular weight excluding hydrogens is 328 g/mol. The standard InChI is InChI=1S/C21H34N2O3/c1-23(2)21(26)13-22-12-14-9-16-11-20(25)17(18(16)10-14)7-8-19(24)15-5-3-4-6-15/h7-8,12,15-20,22,24-25H,3-6,9-11,13H2,1-2H3/t16-,17+,18-,19+,20+/m0/s1. The van der Waals surface area contributed by atoms with Gasteiger partial charge in [-0.3, -0.25) is 4.79 Å². The highest BCUT2D eigenvalue weighted by Gasteiger charge is 2.45. The number of fused-ring (bicyclic) bond motifs is 1. The Balaban J connectivity index is 1.54. The lowest BCUT2D eigenvalue weighted by Gasteiger charge is -2.19. The third-order valence-electron chi connectivity index (χ3n) is 6.58. The molecule has 3 saturated carbocycles. The van der Waals surface area contributed by atoms with Crippen molar-refractivity contribution in [1.29, 1.82) is 0 Å². The number of nitrogens with zero attached hydrogens (tertiary/aromatic N) is 1. The van der Waals surface area contributed by atoms with Crippen LogP contribution in [-0.4, -0.2) is 53.9 Å². The number of aliphatic hydroxyl groups is 2. The number of allylic oxidation sites excluding steroid dienone is 1. The number of hydrogen-bond donors (Lipinski definition) is 3. The molecule has 0 radical (unpaired) electrons. The van der Waals surface area contributed by atoms with Crippen molar-refractivity contribution in [2.24, 2.45) is 23.7 Å². The quantitative estimate of drug-likeness (QED) is 0.633. The molecule has 26 heavy (non-hydrogen) atoms. The van der Waals surface area contributed by atoms with Crippen LogP contribution in [0.5, 0.6) is 0 Å². The highest BCUT2D eigenvalue weighted by molar-refractivity contribution is 5.77. The fraction of sp³-hybridized carbons (Fsp3) is 0.762. The number of aliphatic hydroxyl groups excluding tert-OH is 2. The Hall–Kier alpha value is -1.33. The van der Waals surface area contributed by atoms with Gasteiger partial charge in [0.05, 0.1) is 18.8 Å². The molecule has 0 unspecified atom stereocenters. The molecular formula is C21H34N2O3. The Bertz CT molecular complexity index is 551. The summed E-state index contributed by atoms with van der Waals surface area (Å²) in [5.41, 5.74) is 1.34. The van der Waals surface area contributed by atoms with Gasteiger partial charge in [-0.1, -0.05) is 30.6 Å². The molecule has 5 heteroatoms. The molecule has 0 spiro atoms. The summed E-state index contributed by atoms with van der Waals surface area (Å²) in [4.78, 5) is 13.2. The fourth-order valence-electron chi connectivity index (χ4n) is 5.03. The molecule has 5 atom stereocenters. The maximum absolute atomic E-state index is 11.6. The SMILES string of the molecule is CN(C)C(=O)CNC=C1C[C@H]2C[C@@H](O)[C@H](C=C[C@@H](O)C3CCCC3)[C@H]2C1. The van der Waals surface area contributed by atoms with E-state index in [0.717, 1.165) is 32.1 Å². The molecule has 0 saturated heterocycles. The lowest BCUT2D eigenvalue weighted by atomic mass is 9.89. The molecule has 3 N–H and O–H groups in total. The molecule has 0 aliphatic heterocycles. The summed E-state index contributed by atoms with van der Waals surface area (Å²) in [6, 6.07) is 0. The first-order valence-electron chi connectivity index (χ1n) is 10.1. The number of nitrogens with one attached hydrogen (secondary N) is 1. The zero-order valence-electron chi connectivity index (χ0n) is 16.1. The molecule has 0 heterocycles. The van der Waals surface area contributed by atoms with Gasteiger partial charge in [0.1, 0.15) is 0 Å². The van der Waals surface area contributed by atoms with Gasteiger partial charge in [0.2, 0.25) is 5.91 Å². The number of carbonyl (C=O) groups excluding carboxylic acids is 1. The summed E-state index contributed by atoms with van der Waals surface area (Å²) in [6.45, 7) is 0.325. The number of carbonyl (C=O) groups is 1. The second-order valence-corrected chi connectivity index (χ2v) is 8.60. The summed E-state index contributed by atoms with van der Waals surface area (Å²) in [5.74, 6) is 1.58. The minimum Gasteiger partial charge on any atom is -0.392 e. The van der Waals surface area contributed by atoms with Crippen molar-refractivity contribution >= 4 is 5.91 Å². The van der Waals surface area contributed by atoms with E-state index in [9.17, 15) is 15.0 Å². The Morgan fingerprint density at radius 1 is 1.31 bits per heavy atom. The molecule has 0 aromatic rings. The molecule has 3 rings (SSSR count). The van der Waals surface area contributed by atoms with Gasteiger partial charge < -0.3 is 20.4 Å². The average molecular weight is 363 g/mol. The van der Waals surface area contributed by atoms with Gasteiger partial charge in [0.15, 0.2) is 0 Å². The van der Waals surface area contributed by atoms with Crippen LogP contribution in [0, 0.1) is 23.7 Å². The largest absolute Gasteiger partial charge is 0.392 e. The molecule has 3 aliphatic carbocycles. The van der Waals surface area contributed by atoms with E-state index in [1.54, 1.807) is 19.0 Å². The molecule has 3 fully saturated rings. The van der Waals surface area contributed by atoms with Gasteiger partial charge in [-0.25, -0.2) is 0 Å². The van der Waals surface area contributed by atoms with Crippen molar-refractivity contribution < 1.29 is 15.0 Å². The second-order valence-electron chi connectivity index (χ2n) is 8.60. The molecule has 5 nitrogen and oxygen atoms in total. The van der Waals surface area contributed by atoms with E-state index in [2.05, 4.69) is 11.4 Å². The van der Waals surface area contributed by atoms with E-state index < -0.39 is 0 Å². The lowest BCUT2D eigenvalue weighted by Crippen LogP contribution is -2.30. The fourth-order valence-corrected chi connectivity index (χ4v) is 5.03. The smallest absolute Gasteiger partial charge is 0.241 e. The molecule has 3 aliphatic rings. The van der Waals surface area contributed by atoms with E-state index >= 15 is 0 Å². The van der Waals surface area contributed by atoms with Crippen LogP contribution in [0.4, 0.5) is 0 Å². The first-order chi connectivity index (χ1) is 12.5. The lowest BCUT2D eigenvalue weighted by molar-refractivity contribution is -0.127. The van der Waals surface area contributed by atoms with Crippen molar-refractivity contribution in [3.63, 3.8) is 0 Å². The number of amides is 1. The van der Waals surface area contributed by atoms with Crippen LogP contribution in [-0.2, 0) is 4.79 Å². The van der Waals surface area contributed by atoms with Gasteiger partial charge in [-0.2, -0.15) is 0 Å². The summed E-state index contributed by atoms with van der Waals surface area (Å²) in [6.07, 6.45) is 12.9. The predicted molar refractivity (Wildman–Crippen MR) is 102 cm³/mol. The van der Waals surface area contributed by atoms with E-state index in [1.807, 2.05) is 12.3 Å². The third-order valence-corrected chi connectivity index (χ3v) is 6.58. The topological polar surface area (TPSA) is 72.8 Å². The van der Waals surface area contributed by atoms with Crippen LogP contribution in [0.25, 0.3) is 0 Å². The van der Waals surface area contributed by atoms with Crippen LogP contribution in [0.15, 0.2) is 23.9 Å². The van der Waals surface area contributed by atoms with E-state index in [0.29, 0.717) is 24.3 Å². The van der Waals surface area contributed by atoms with Gasteiger partial charge in [-0.05, 0) is 56.1 Å².